The highest BCUT2D eigenvalue weighted by Crippen LogP contribution is 2.23. The van der Waals surface area contributed by atoms with Crippen molar-refractivity contribution >= 4 is 44.4 Å². The highest BCUT2D eigenvalue weighted by molar-refractivity contribution is 7.99. The molecule has 7 nitrogen and oxygen atoms in total. The molecule has 3 amide bonds. The number of sulfone groups is 1. The van der Waals surface area contributed by atoms with Gasteiger partial charge >= 0.3 is 6.03 Å². The zero-order valence-corrected chi connectivity index (χ0v) is 15.8. The van der Waals surface area contributed by atoms with Crippen LogP contribution in [0, 0.1) is 6.92 Å². The summed E-state index contributed by atoms with van der Waals surface area (Å²) in [5, 5.41) is 6.52. The number of para-hydroxylation sites is 1. The highest BCUT2D eigenvalue weighted by Gasteiger charge is 2.29. The van der Waals surface area contributed by atoms with Crippen LogP contribution in [-0.4, -0.2) is 48.6 Å². The fourth-order valence-electron chi connectivity index (χ4n) is 2.83. The first-order chi connectivity index (χ1) is 12.3. The average molecular weight is 393 g/mol. The second-order valence-corrected chi connectivity index (χ2v) is 9.43. The molecule has 1 fully saturated rings. The van der Waals surface area contributed by atoms with Gasteiger partial charge in [0.05, 0.1) is 27.8 Å². The van der Waals surface area contributed by atoms with Crippen LogP contribution < -0.4 is 10.6 Å². The summed E-state index contributed by atoms with van der Waals surface area (Å²) in [5.41, 5.74) is 1.93. The molecule has 1 saturated heterocycles. The molecule has 1 aliphatic heterocycles. The van der Waals surface area contributed by atoms with Crippen LogP contribution in [0.4, 0.5) is 4.79 Å². The molecule has 2 N–H and O–H groups in total. The van der Waals surface area contributed by atoms with E-state index in [9.17, 15) is 18.0 Å². The Bertz CT molecular complexity index is 960. The molecule has 0 saturated carbocycles. The lowest BCUT2D eigenvalue weighted by molar-refractivity contribution is -0.117. The fourth-order valence-corrected chi connectivity index (χ4v) is 5.27. The first kappa shape index (κ1) is 18.7. The highest BCUT2D eigenvalue weighted by atomic mass is 32.2. The Hall–Kier alpha value is -2.13. The number of aromatic nitrogens is 1. The predicted molar refractivity (Wildman–Crippen MR) is 101 cm³/mol. The summed E-state index contributed by atoms with van der Waals surface area (Å²) in [4.78, 5) is 28.2. The minimum absolute atomic E-state index is 0.0428. The average Bonchev–Trinajstić information content (AvgIpc) is 2.91. The molecule has 0 aliphatic carbocycles. The number of carbonyl (C=O) groups excluding carboxylic acids is 2. The number of carbonyl (C=O) groups is 2. The van der Waals surface area contributed by atoms with E-state index < -0.39 is 27.8 Å². The minimum atomic E-state index is -3.08. The summed E-state index contributed by atoms with van der Waals surface area (Å²) in [6.45, 7) is 1.98. The van der Waals surface area contributed by atoms with Crippen LogP contribution in [0.25, 0.3) is 10.9 Å². The SMILES string of the molecule is Cc1cc(SCC(=O)NC(=O)NC2CCS(=O)(=O)C2)nc2ccccc12. The molecule has 0 radical (unpaired) electrons. The van der Waals surface area contributed by atoms with Crippen LogP contribution in [0.3, 0.4) is 0 Å². The molecule has 2 aromatic rings. The Morgan fingerprint density at radius 1 is 1.31 bits per heavy atom. The number of hydrogen-bond acceptors (Lipinski definition) is 6. The van der Waals surface area contributed by atoms with Gasteiger partial charge in [0, 0.05) is 11.4 Å². The van der Waals surface area contributed by atoms with E-state index >= 15 is 0 Å². The Balaban J connectivity index is 1.52. The number of benzene rings is 1. The van der Waals surface area contributed by atoms with Crippen LogP contribution in [-0.2, 0) is 14.6 Å². The van der Waals surface area contributed by atoms with Gasteiger partial charge in [0.2, 0.25) is 5.91 Å². The Morgan fingerprint density at radius 3 is 2.81 bits per heavy atom. The van der Waals surface area contributed by atoms with Crippen molar-refractivity contribution in [2.24, 2.45) is 0 Å². The van der Waals surface area contributed by atoms with E-state index in [-0.39, 0.29) is 17.3 Å². The van der Waals surface area contributed by atoms with Gasteiger partial charge < -0.3 is 5.32 Å². The van der Waals surface area contributed by atoms with Crippen LogP contribution in [0.1, 0.15) is 12.0 Å². The summed E-state index contributed by atoms with van der Waals surface area (Å²) in [7, 11) is -3.08. The van der Waals surface area contributed by atoms with Crippen LogP contribution >= 0.6 is 11.8 Å². The van der Waals surface area contributed by atoms with Gasteiger partial charge in [0.15, 0.2) is 9.84 Å². The maximum absolute atomic E-state index is 11.9. The van der Waals surface area contributed by atoms with Crippen molar-refractivity contribution in [3.8, 4) is 0 Å². The lowest BCUT2D eigenvalue weighted by Crippen LogP contribution is -2.45. The molecule has 1 aromatic heterocycles. The third-order valence-electron chi connectivity index (χ3n) is 4.07. The monoisotopic (exact) mass is 393 g/mol. The molecular weight excluding hydrogens is 374 g/mol. The number of imide groups is 1. The largest absolute Gasteiger partial charge is 0.334 e. The quantitative estimate of drug-likeness (QED) is 0.765. The standard InChI is InChI=1S/C17H19N3O4S2/c1-11-8-16(19-14-5-3-2-4-13(11)14)25-9-15(21)20-17(22)18-12-6-7-26(23,24)10-12/h2-5,8,12H,6-7,9-10H2,1H3,(H2,18,20,21,22). The number of nitrogens with one attached hydrogen (secondary N) is 2. The minimum Gasteiger partial charge on any atom is -0.334 e. The summed E-state index contributed by atoms with van der Waals surface area (Å²) in [6, 6.07) is 8.56. The number of pyridine rings is 1. The van der Waals surface area contributed by atoms with Crippen molar-refractivity contribution < 1.29 is 18.0 Å². The van der Waals surface area contributed by atoms with E-state index in [0.29, 0.717) is 11.4 Å². The maximum Gasteiger partial charge on any atom is 0.321 e. The second kappa shape index (κ2) is 7.63. The molecule has 1 aromatic carbocycles. The second-order valence-electron chi connectivity index (χ2n) is 6.20. The molecule has 138 valence electrons. The Labute approximate surface area is 155 Å². The van der Waals surface area contributed by atoms with Crippen molar-refractivity contribution in [3.63, 3.8) is 0 Å². The molecular formula is C17H19N3O4S2. The van der Waals surface area contributed by atoms with E-state index in [2.05, 4.69) is 15.6 Å². The molecule has 1 unspecified atom stereocenters. The number of fused-ring (bicyclic) bond motifs is 1. The predicted octanol–water partition coefficient (Wildman–Crippen LogP) is 1.65. The number of urea groups is 1. The van der Waals surface area contributed by atoms with Crippen LogP contribution in [0.5, 0.6) is 0 Å². The summed E-state index contributed by atoms with van der Waals surface area (Å²) in [5.74, 6) is -0.430. The number of nitrogens with zero attached hydrogens (tertiary/aromatic N) is 1. The van der Waals surface area contributed by atoms with Gasteiger partial charge in [0.1, 0.15) is 0 Å². The molecule has 9 heteroatoms. The Morgan fingerprint density at radius 2 is 2.08 bits per heavy atom. The van der Waals surface area contributed by atoms with Gasteiger partial charge in [-0.1, -0.05) is 30.0 Å². The topological polar surface area (TPSA) is 105 Å². The number of hydrogen-bond donors (Lipinski definition) is 2. The van der Waals surface area contributed by atoms with E-state index in [4.69, 9.17) is 0 Å². The maximum atomic E-state index is 11.9. The van der Waals surface area contributed by atoms with Gasteiger partial charge in [-0.2, -0.15) is 0 Å². The molecule has 1 atom stereocenters. The van der Waals surface area contributed by atoms with Crippen molar-refractivity contribution in [1.82, 2.24) is 15.6 Å². The van der Waals surface area contributed by atoms with E-state index in [1.807, 2.05) is 37.3 Å². The van der Waals surface area contributed by atoms with Crippen LogP contribution in [0.2, 0.25) is 0 Å². The summed E-state index contributed by atoms with van der Waals surface area (Å²) >= 11 is 1.24. The molecule has 3 rings (SSSR count). The smallest absolute Gasteiger partial charge is 0.321 e. The summed E-state index contributed by atoms with van der Waals surface area (Å²) < 4.78 is 22.8. The molecule has 0 bridgehead atoms. The zero-order chi connectivity index (χ0) is 18.7. The van der Waals surface area contributed by atoms with E-state index in [1.165, 1.54) is 11.8 Å². The Kier molecular flexibility index (Phi) is 5.47. The number of amides is 3. The normalized spacial score (nSPS) is 18.6. The number of aryl methyl sites for hydroxylation is 1. The third kappa shape index (κ3) is 4.73. The van der Waals surface area contributed by atoms with Gasteiger partial charge in [-0.3, -0.25) is 10.1 Å². The van der Waals surface area contributed by atoms with Gasteiger partial charge in [-0.15, -0.1) is 0 Å². The number of rotatable bonds is 4. The van der Waals surface area contributed by atoms with Gasteiger partial charge in [-0.25, -0.2) is 18.2 Å². The third-order valence-corrected chi connectivity index (χ3v) is 6.75. The molecule has 2 heterocycles. The van der Waals surface area contributed by atoms with Crippen molar-refractivity contribution in [2.45, 2.75) is 24.4 Å². The summed E-state index contributed by atoms with van der Waals surface area (Å²) in [6.07, 6.45) is 0.374. The van der Waals surface area contributed by atoms with Crippen molar-refractivity contribution in [3.05, 3.63) is 35.9 Å². The zero-order valence-electron chi connectivity index (χ0n) is 14.2. The lowest BCUT2D eigenvalue weighted by Gasteiger charge is -2.11. The number of thioether (sulfide) groups is 1. The fraction of sp³-hybridized carbons (Fsp3) is 0.353. The molecule has 26 heavy (non-hydrogen) atoms. The van der Waals surface area contributed by atoms with Gasteiger partial charge in [0.25, 0.3) is 0 Å². The van der Waals surface area contributed by atoms with Gasteiger partial charge in [-0.05, 0) is 31.0 Å². The van der Waals surface area contributed by atoms with Crippen LogP contribution in [0.15, 0.2) is 35.4 Å². The molecule has 0 spiro atoms. The first-order valence-corrected chi connectivity index (χ1v) is 10.9. The lowest BCUT2D eigenvalue weighted by atomic mass is 10.1. The van der Waals surface area contributed by atoms with E-state index in [0.717, 1.165) is 16.5 Å². The first-order valence-electron chi connectivity index (χ1n) is 8.12. The molecule has 1 aliphatic rings. The van der Waals surface area contributed by atoms with Crippen molar-refractivity contribution in [2.75, 3.05) is 17.3 Å². The van der Waals surface area contributed by atoms with Crippen molar-refractivity contribution in [1.29, 1.82) is 0 Å². The van der Waals surface area contributed by atoms with E-state index in [1.54, 1.807) is 0 Å².